The first-order valence-electron chi connectivity index (χ1n) is 16.6. The third-order valence-corrected chi connectivity index (χ3v) is 11.6. The number of phenols is 1. The molecule has 3 aromatic carbocycles. The molecule has 2 heterocycles. The van der Waals surface area contributed by atoms with Crippen LogP contribution in [0.1, 0.15) is 60.8 Å². The summed E-state index contributed by atoms with van der Waals surface area (Å²) in [5, 5.41) is 24.6. The van der Waals surface area contributed by atoms with Crippen molar-refractivity contribution >= 4 is 23.6 Å². The van der Waals surface area contributed by atoms with E-state index in [1.54, 1.807) is 12.1 Å². The molecule has 1 saturated heterocycles. The van der Waals surface area contributed by atoms with E-state index in [-0.39, 0.29) is 23.7 Å². The van der Waals surface area contributed by atoms with Crippen LogP contribution >= 0.6 is 11.6 Å². The van der Waals surface area contributed by atoms with E-state index in [1.807, 2.05) is 47.4 Å². The number of aliphatic hydroxyl groups is 1. The van der Waals surface area contributed by atoms with Crippen LogP contribution < -0.4 is 4.74 Å². The van der Waals surface area contributed by atoms with Gasteiger partial charge >= 0.3 is 0 Å². The third kappa shape index (κ3) is 4.79. The number of amides is 1. The molecule has 45 heavy (non-hydrogen) atoms. The second-order valence-corrected chi connectivity index (χ2v) is 14.3. The van der Waals surface area contributed by atoms with Gasteiger partial charge in [-0.25, -0.2) is 0 Å². The highest BCUT2D eigenvalue weighted by Gasteiger charge is 2.73. The van der Waals surface area contributed by atoms with Gasteiger partial charge in [0.2, 0.25) is 5.91 Å². The lowest BCUT2D eigenvalue weighted by Crippen LogP contribution is -2.78. The Bertz CT molecular complexity index is 1640. The third-order valence-electron chi connectivity index (χ3n) is 11.4. The summed E-state index contributed by atoms with van der Waals surface area (Å²) in [5.74, 6) is 1.30. The monoisotopic (exact) mass is 624 g/mol. The second-order valence-electron chi connectivity index (χ2n) is 13.9. The molecular weight excluding hydrogens is 584 g/mol. The molecule has 5 aliphatic rings. The van der Waals surface area contributed by atoms with Gasteiger partial charge < -0.3 is 19.8 Å². The first-order chi connectivity index (χ1) is 21.9. The Morgan fingerprint density at radius 3 is 2.71 bits per heavy atom. The van der Waals surface area contributed by atoms with Crippen molar-refractivity contribution in [1.82, 2.24) is 9.80 Å². The zero-order valence-electron chi connectivity index (χ0n) is 25.6. The molecule has 3 aliphatic carbocycles. The minimum atomic E-state index is -0.983. The van der Waals surface area contributed by atoms with Gasteiger partial charge in [-0.05, 0) is 105 Å². The molecule has 3 fully saturated rings. The van der Waals surface area contributed by atoms with Crippen molar-refractivity contribution in [1.29, 1.82) is 0 Å². The number of piperidine rings is 1. The number of aromatic hydroxyl groups is 1. The van der Waals surface area contributed by atoms with Gasteiger partial charge in [-0.1, -0.05) is 60.1 Å². The maximum atomic E-state index is 14.2. The van der Waals surface area contributed by atoms with Gasteiger partial charge in [0.25, 0.3) is 0 Å². The molecule has 2 N–H and O–H groups in total. The van der Waals surface area contributed by atoms with Crippen LogP contribution in [0.2, 0.25) is 5.02 Å². The van der Waals surface area contributed by atoms with E-state index >= 15 is 0 Å². The summed E-state index contributed by atoms with van der Waals surface area (Å²) in [4.78, 5) is 18.7. The number of aryl methyl sites for hydroxylation is 1. The van der Waals surface area contributed by atoms with Gasteiger partial charge in [0.1, 0.15) is 6.10 Å². The van der Waals surface area contributed by atoms with Crippen molar-refractivity contribution < 1.29 is 19.7 Å². The van der Waals surface area contributed by atoms with Crippen LogP contribution in [0.5, 0.6) is 11.5 Å². The number of ether oxygens (including phenoxy) is 1. The fourth-order valence-corrected chi connectivity index (χ4v) is 9.38. The summed E-state index contributed by atoms with van der Waals surface area (Å²) in [6.45, 7) is 2.50. The van der Waals surface area contributed by atoms with Crippen molar-refractivity contribution in [3.05, 3.63) is 100 Å². The summed E-state index contributed by atoms with van der Waals surface area (Å²) < 4.78 is 6.83. The highest BCUT2D eigenvalue weighted by Crippen LogP contribution is 2.66. The molecule has 0 radical (unpaired) electrons. The smallest absolute Gasteiger partial charge is 0.246 e. The van der Waals surface area contributed by atoms with Crippen LogP contribution in [0.3, 0.4) is 0 Å². The Morgan fingerprint density at radius 1 is 1.07 bits per heavy atom. The normalized spacial score (nSPS) is 29.8. The van der Waals surface area contributed by atoms with Gasteiger partial charge in [-0.2, -0.15) is 0 Å². The van der Waals surface area contributed by atoms with Crippen LogP contribution in [-0.2, 0) is 23.1 Å². The van der Waals surface area contributed by atoms with Crippen LogP contribution in [-0.4, -0.2) is 69.3 Å². The molecule has 1 amide bonds. The van der Waals surface area contributed by atoms with Crippen LogP contribution in [0.4, 0.5) is 0 Å². The Kier molecular flexibility index (Phi) is 7.23. The summed E-state index contributed by atoms with van der Waals surface area (Å²) in [5.41, 5.74) is 2.62. The number of halogens is 1. The van der Waals surface area contributed by atoms with E-state index in [0.29, 0.717) is 30.2 Å². The molecular formula is C38H41ClN2O4. The minimum absolute atomic E-state index is 0.00634. The second kappa shape index (κ2) is 11.2. The standard InChI is InChI=1S/C38H41ClN2O4/c39-29-10-4-8-26(22-29)13-16-33(43)41(20-5-9-25-6-2-1-3-7-25)30-17-18-38(44)32-23-28-14-15-31(42)35-34(28)37(38,36(30)45-35)19-21-40(32)24-27-11-12-27/h1-4,6-8,10,13-16,22,27,30,32,36,42,44H,5,9,11-12,17-21,23-24H2/t30?,32-,36?,37+,38-/m1/s1. The number of hydrogen-bond donors (Lipinski definition) is 2. The average molecular weight is 625 g/mol. The van der Waals surface area contributed by atoms with Crippen molar-refractivity contribution in [2.24, 2.45) is 5.92 Å². The summed E-state index contributed by atoms with van der Waals surface area (Å²) in [6.07, 6.45) is 10.0. The van der Waals surface area contributed by atoms with Crippen molar-refractivity contribution in [2.75, 3.05) is 19.6 Å². The molecule has 1 spiro atoms. The lowest BCUT2D eigenvalue weighted by molar-refractivity contribution is -0.201. The molecule has 2 unspecified atom stereocenters. The number of carbonyl (C=O) groups is 1. The SMILES string of the molecule is O=C(C=Cc1cccc(Cl)c1)N(CCCc1ccccc1)C1CC[C@@]2(O)[C@H]3Cc4ccc(O)c5c4[C@@]2(CCN3CC2CC2)C1O5. The lowest BCUT2D eigenvalue weighted by Gasteiger charge is -2.65. The summed E-state index contributed by atoms with van der Waals surface area (Å²) in [6, 6.07) is 21.4. The van der Waals surface area contributed by atoms with E-state index < -0.39 is 17.1 Å². The molecule has 3 aromatic rings. The molecule has 8 rings (SSSR count). The predicted molar refractivity (Wildman–Crippen MR) is 176 cm³/mol. The zero-order chi connectivity index (χ0) is 30.8. The summed E-state index contributed by atoms with van der Waals surface area (Å²) >= 11 is 6.23. The molecule has 6 nitrogen and oxygen atoms in total. The van der Waals surface area contributed by atoms with Crippen molar-refractivity contribution in [3.63, 3.8) is 0 Å². The fourth-order valence-electron chi connectivity index (χ4n) is 9.19. The molecule has 2 aliphatic heterocycles. The first kappa shape index (κ1) is 29.1. The van der Waals surface area contributed by atoms with Gasteiger partial charge in [0, 0.05) is 35.8 Å². The van der Waals surface area contributed by atoms with Crippen LogP contribution in [0.25, 0.3) is 6.08 Å². The Hall–Kier alpha value is -3.32. The highest BCUT2D eigenvalue weighted by molar-refractivity contribution is 6.30. The first-order valence-corrected chi connectivity index (χ1v) is 17.0. The quantitative estimate of drug-likeness (QED) is 0.279. The van der Waals surface area contributed by atoms with E-state index in [1.165, 1.54) is 24.0 Å². The topological polar surface area (TPSA) is 73.2 Å². The zero-order valence-corrected chi connectivity index (χ0v) is 26.3. The number of rotatable bonds is 9. The number of carbonyl (C=O) groups excluding carboxylic acids is 1. The predicted octanol–water partition coefficient (Wildman–Crippen LogP) is 6.15. The van der Waals surface area contributed by atoms with Crippen molar-refractivity contribution in [3.8, 4) is 11.5 Å². The molecule has 2 saturated carbocycles. The van der Waals surface area contributed by atoms with Crippen LogP contribution in [0.15, 0.2) is 72.8 Å². The highest BCUT2D eigenvalue weighted by atomic mass is 35.5. The lowest BCUT2D eigenvalue weighted by atomic mass is 9.48. The maximum absolute atomic E-state index is 14.2. The number of nitrogens with zero attached hydrogens (tertiary/aromatic N) is 2. The molecule has 0 aromatic heterocycles. The minimum Gasteiger partial charge on any atom is -0.504 e. The summed E-state index contributed by atoms with van der Waals surface area (Å²) in [7, 11) is 0. The van der Waals surface area contributed by atoms with E-state index in [2.05, 4.69) is 29.2 Å². The molecule has 5 atom stereocenters. The maximum Gasteiger partial charge on any atom is 0.246 e. The van der Waals surface area contributed by atoms with Gasteiger partial charge in [-0.3, -0.25) is 9.69 Å². The van der Waals surface area contributed by atoms with Crippen LogP contribution in [0, 0.1) is 5.92 Å². The number of hydrogen-bond acceptors (Lipinski definition) is 5. The van der Waals surface area contributed by atoms with Crippen molar-refractivity contribution in [2.45, 2.75) is 80.6 Å². The Morgan fingerprint density at radius 2 is 1.91 bits per heavy atom. The molecule has 7 heteroatoms. The number of benzene rings is 3. The van der Waals surface area contributed by atoms with Gasteiger partial charge in [0.05, 0.1) is 17.1 Å². The number of phenolic OH excluding ortho intramolecular Hbond substituents is 1. The van der Waals surface area contributed by atoms with Gasteiger partial charge in [0.15, 0.2) is 11.5 Å². The average Bonchev–Trinajstić information content (AvgIpc) is 3.79. The van der Waals surface area contributed by atoms with Gasteiger partial charge in [-0.15, -0.1) is 0 Å². The Labute approximate surface area is 270 Å². The largest absolute Gasteiger partial charge is 0.504 e. The van der Waals surface area contributed by atoms with E-state index in [4.69, 9.17) is 16.3 Å². The molecule has 2 bridgehead atoms. The van der Waals surface area contributed by atoms with E-state index in [9.17, 15) is 15.0 Å². The van der Waals surface area contributed by atoms with E-state index in [0.717, 1.165) is 55.8 Å². The Balaban J connectivity index is 1.16. The number of likely N-dealkylation sites (tertiary alicyclic amines) is 1. The fraction of sp³-hybridized carbons (Fsp3) is 0.447. The molecule has 234 valence electrons.